The summed E-state index contributed by atoms with van der Waals surface area (Å²) < 4.78 is 27.6. The third-order valence-electron chi connectivity index (χ3n) is 4.39. The maximum Gasteiger partial charge on any atom is 0.240 e. The number of rotatable bonds is 6. The number of thiophene rings is 1. The van der Waals surface area contributed by atoms with E-state index in [0.717, 1.165) is 29.0 Å². The molecule has 6 heteroatoms. The Balaban J connectivity index is 1.63. The first-order valence-corrected chi connectivity index (χ1v) is 10.6. The zero-order valence-corrected chi connectivity index (χ0v) is 15.4. The van der Waals surface area contributed by atoms with Crippen LogP contribution in [0.2, 0.25) is 0 Å². The summed E-state index contributed by atoms with van der Waals surface area (Å²) in [7, 11) is -3.47. The van der Waals surface area contributed by atoms with Gasteiger partial charge in [-0.1, -0.05) is 6.07 Å². The number of hydrogen-bond donors (Lipinski definition) is 2. The lowest BCUT2D eigenvalue weighted by atomic mass is 9.92. The SMILES string of the molecule is C[C@H](O)c1ccc(CCNS(=O)(=O)c2ccc3c(c2)CCCC3)s1. The Hall–Kier alpha value is -1.21. The number of benzene rings is 1. The van der Waals surface area contributed by atoms with E-state index in [1.54, 1.807) is 13.0 Å². The van der Waals surface area contributed by atoms with Crippen molar-refractivity contribution in [3.8, 4) is 0 Å². The first-order chi connectivity index (χ1) is 11.5. The van der Waals surface area contributed by atoms with Crippen molar-refractivity contribution < 1.29 is 13.5 Å². The second kappa shape index (κ2) is 7.35. The second-order valence-electron chi connectivity index (χ2n) is 6.27. The van der Waals surface area contributed by atoms with Crippen molar-refractivity contribution in [2.45, 2.75) is 50.0 Å². The molecule has 1 aliphatic carbocycles. The van der Waals surface area contributed by atoms with Crippen LogP contribution in [0.15, 0.2) is 35.2 Å². The normalized spacial score (nSPS) is 15.9. The van der Waals surface area contributed by atoms with Gasteiger partial charge in [0.1, 0.15) is 0 Å². The van der Waals surface area contributed by atoms with Crippen molar-refractivity contribution in [3.05, 3.63) is 51.2 Å². The Kier molecular flexibility index (Phi) is 5.39. The van der Waals surface area contributed by atoms with Crippen molar-refractivity contribution in [2.75, 3.05) is 6.54 Å². The number of aliphatic hydroxyl groups excluding tert-OH is 1. The molecule has 0 aliphatic heterocycles. The van der Waals surface area contributed by atoms with Crippen molar-refractivity contribution in [3.63, 3.8) is 0 Å². The van der Waals surface area contributed by atoms with Crippen LogP contribution in [-0.4, -0.2) is 20.1 Å². The molecule has 1 aliphatic rings. The lowest BCUT2D eigenvalue weighted by Crippen LogP contribution is -2.26. The third kappa shape index (κ3) is 4.06. The first kappa shape index (κ1) is 17.6. The van der Waals surface area contributed by atoms with Crippen LogP contribution in [0.3, 0.4) is 0 Å². The highest BCUT2D eigenvalue weighted by atomic mass is 32.2. The Morgan fingerprint density at radius 1 is 1.17 bits per heavy atom. The van der Waals surface area contributed by atoms with E-state index in [9.17, 15) is 13.5 Å². The largest absolute Gasteiger partial charge is 0.388 e. The van der Waals surface area contributed by atoms with Gasteiger partial charge in [0.15, 0.2) is 0 Å². The molecule has 2 aromatic rings. The van der Waals surface area contributed by atoms with Gasteiger partial charge in [-0.15, -0.1) is 11.3 Å². The summed E-state index contributed by atoms with van der Waals surface area (Å²) >= 11 is 1.52. The summed E-state index contributed by atoms with van der Waals surface area (Å²) in [5, 5.41) is 9.54. The van der Waals surface area contributed by atoms with E-state index in [-0.39, 0.29) is 0 Å². The van der Waals surface area contributed by atoms with Crippen molar-refractivity contribution in [1.29, 1.82) is 0 Å². The Morgan fingerprint density at radius 3 is 2.62 bits per heavy atom. The molecule has 1 aromatic heterocycles. The van der Waals surface area contributed by atoms with E-state index >= 15 is 0 Å². The number of nitrogens with one attached hydrogen (secondary N) is 1. The maximum absolute atomic E-state index is 12.5. The smallest absolute Gasteiger partial charge is 0.240 e. The predicted octanol–water partition coefficient (Wildman–Crippen LogP) is 3.20. The van der Waals surface area contributed by atoms with Gasteiger partial charge in [-0.25, -0.2) is 13.1 Å². The molecule has 1 aromatic carbocycles. The van der Waals surface area contributed by atoms with Crippen molar-refractivity contribution in [1.82, 2.24) is 4.72 Å². The number of fused-ring (bicyclic) bond motifs is 1. The Bertz CT molecular complexity index is 809. The van der Waals surface area contributed by atoms with Crippen LogP contribution >= 0.6 is 11.3 Å². The number of aryl methyl sites for hydroxylation is 2. The summed E-state index contributed by atoms with van der Waals surface area (Å²) in [4.78, 5) is 2.33. The fourth-order valence-electron chi connectivity index (χ4n) is 3.02. The topological polar surface area (TPSA) is 66.4 Å². The lowest BCUT2D eigenvalue weighted by Gasteiger charge is -2.16. The second-order valence-corrected chi connectivity index (χ2v) is 9.23. The van der Waals surface area contributed by atoms with Gasteiger partial charge in [0.25, 0.3) is 0 Å². The molecule has 1 atom stereocenters. The van der Waals surface area contributed by atoms with Crippen LogP contribution in [-0.2, 0) is 29.3 Å². The van der Waals surface area contributed by atoms with Crippen molar-refractivity contribution in [2.24, 2.45) is 0 Å². The van der Waals surface area contributed by atoms with Gasteiger partial charge in [0.2, 0.25) is 10.0 Å². The molecule has 0 bridgehead atoms. The van der Waals surface area contributed by atoms with Crippen LogP contribution in [0, 0.1) is 0 Å². The minimum absolute atomic E-state index is 0.360. The summed E-state index contributed by atoms with van der Waals surface area (Å²) in [5.41, 5.74) is 2.45. The molecule has 4 nitrogen and oxygen atoms in total. The first-order valence-electron chi connectivity index (χ1n) is 8.34. The average molecular weight is 366 g/mol. The number of aliphatic hydroxyl groups is 1. The average Bonchev–Trinajstić information content (AvgIpc) is 3.03. The molecule has 24 heavy (non-hydrogen) atoms. The lowest BCUT2D eigenvalue weighted by molar-refractivity contribution is 0.203. The molecule has 0 radical (unpaired) electrons. The van der Waals surface area contributed by atoms with Gasteiger partial charge in [0.05, 0.1) is 11.0 Å². The Labute approximate surface area is 147 Å². The molecule has 0 spiro atoms. The Morgan fingerprint density at radius 2 is 1.92 bits per heavy atom. The summed E-state index contributed by atoms with van der Waals surface area (Å²) in [6.45, 7) is 2.09. The number of sulfonamides is 1. The van der Waals surface area contributed by atoms with Crippen LogP contribution < -0.4 is 4.72 Å². The van der Waals surface area contributed by atoms with Gasteiger partial charge in [0, 0.05) is 16.3 Å². The fourth-order valence-corrected chi connectivity index (χ4v) is 5.05. The van der Waals surface area contributed by atoms with Gasteiger partial charge < -0.3 is 5.11 Å². The highest BCUT2D eigenvalue weighted by Crippen LogP contribution is 2.25. The predicted molar refractivity (Wildman–Crippen MR) is 96.9 cm³/mol. The minimum Gasteiger partial charge on any atom is -0.388 e. The molecule has 2 N–H and O–H groups in total. The molecule has 0 amide bonds. The number of hydrogen-bond acceptors (Lipinski definition) is 4. The van der Waals surface area contributed by atoms with E-state index in [1.807, 2.05) is 24.3 Å². The minimum atomic E-state index is -3.47. The summed E-state index contributed by atoms with van der Waals surface area (Å²) in [6, 6.07) is 9.33. The van der Waals surface area contributed by atoms with Gasteiger partial charge in [-0.3, -0.25) is 0 Å². The highest BCUT2D eigenvalue weighted by molar-refractivity contribution is 7.89. The monoisotopic (exact) mass is 365 g/mol. The molecule has 3 rings (SSSR count). The molecule has 0 unspecified atom stereocenters. The zero-order valence-electron chi connectivity index (χ0n) is 13.8. The summed E-state index contributed by atoms with van der Waals surface area (Å²) in [6.07, 6.45) is 4.49. The van der Waals surface area contributed by atoms with Gasteiger partial charge >= 0.3 is 0 Å². The fraction of sp³-hybridized carbons (Fsp3) is 0.444. The van der Waals surface area contributed by atoms with Crippen LogP contribution in [0.25, 0.3) is 0 Å². The van der Waals surface area contributed by atoms with Crippen LogP contribution in [0.4, 0.5) is 0 Å². The summed E-state index contributed by atoms with van der Waals surface area (Å²) in [5.74, 6) is 0. The van der Waals surface area contributed by atoms with Gasteiger partial charge in [-0.2, -0.15) is 0 Å². The standard InChI is InChI=1S/C18H23NO3S2/c1-13(20)18-9-7-16(23-18)10-11-19-24(21,22)17-8-6-14-4-2-3-5-15(14)12-17/h6-9,12-13,19-20H,2-5,10-11H2,1H3/t13-/m0/s1. The zero-order chi connectivity index (χ0) is 17.2. The molecule has 1 heterocycles. The van der Waals surface area contributed by atoms with E-state index in [2.05, 4.69) is 4.72 Å². The highest BCUT2D eigenvalue weighted by Gasteiger charge is 2.17. The third-order valence-corrected chi connectivity index (χ3v) is 7.16. The van der Waals surface area contributed by atoms with Crippen molar-refractivity contribution >= 4 is 21.4 Å². The molecule has 0 saturated carbocycles. The quantitative estimate of drug-likeness (QED) is 0.826. The molecule has 0 saturated heterocycles. The molecule has 130 valence electrons. The van der Waals surface area contributed by atoms with Gasteiger partial charge in [-0.05, 0) is 74.4 Å². The molecular formula is C18H23NO3S2. The van der Waals surface area contributed by atoms with Crippen LogP contribution in [0.1, 0.15) is 46.8 Å². The maximum atomic E-state index is 12.5. The molecule has 0 fully saturated rings. The van der Waals surface area contributed by atoms with E-state index in [4.69, 9.17) is 0 Å². The van der Waals surface area contributed by atoms with E-state index in [0.29, 0.717) is 17.9 Å². The van der Waals surface area contributed by atoms with E-state index in [1.165, 1.54) is 28.9 Å². The van der Waals surface area contributed by atoms with E-state index < -0.39 is 16.1 Å². The van der Waals surface area contributed by atoms with Crippen LogP contribution in [0.5, 0.6) is 0 Å². The molecular weight excluding hydrogens is 342 g/mol.